The normalized spacial score (nSPS) is 10.5. The number of anilines is 2. The van der Waals surface area contributed by atoms with Crippen LogP contribution in [0.25, 0.3) is 11.3 Å². The molecule has 3 rings (SSSR count). The zero-order valence-corrected chi connectivity index (χ0v) is 14.8. The standard InChI is InChI=1S/C18H16ClFN4O2/c1-24-17(15(19)10-21-24)14-9-13(6-7-16(14)26-2)23-18(25)22-12-5-3-4-11(20)8-12/h3-10H,1-2H3,(H2,22,23,25). The molecule has 0 saturated heterocycles. The van der Waals surface area contributed by atoms with Crippen molar-refractivity contribution in [3.05, 3.63) is 59.5 Å². The number of amides is 2. The number of rotatable bonds is 4. The molecule has 0 spiro atoms. The van der Waals surface area contributed by atoms with Crippen LogP contribution in [0.3, 0.4) is 0 Å². The van der Waals surface area contributed by atoms with Crippen molar-refractivity contribution in [1.82, 2.24) is 9.78 Å². The number of hydrogen-bond acceptors (Lipinski definition) is 3. The molecule has 0 saturated carbocycles. The minimum atomic E-state index is -0.497. The number of benzene rings is 2. The van der Waals surface area contributed by atoms with E-state index >= 15 is 0 Å². The number of carbonyl (C=O) groups is 1. The molecule has 3 aromatic rings. The van der Waals surface area contributed by atoms with Gasteiger partial charge in [-0.15, -0.1) is 0 Å². The number of carbonyl (C=O) groups excluding carboxylic acids is 1. The van der Waals surface area contributed by atoms with E-state index in [1.807, 2.05) is 0 Å². The maximum atomic E-state index is 13.2. The maximum absolute atomic E-state index is 13.2. The summed E-state index contributed by atoms with van der Waals surface area (Å²) in [6.07, 6.45) is 1.53. The third-order valence-electron chi connectivity index (χ3n) is 3.69. The summed E-state index contributed by atoms with van der Waals surface area (Å²) in [5.41, 5.74) is 2.22. The number of halogens is 2. The Kier molecular flexibility index (Phi) is 5.09. The Balaban J connectivity index is 1.85. The van der Waals surface area contributed by atoms with E-state index in [-0.39, 0.29) is 0 Å². The molecule has 8 heteroatoms. The predicted molar refractivity (Wildman–Crippen MR) is 99.2 cm³/mol. The molecule has 2 aromatic carbocycles. The lowest BCUT2D eigenvalue weighted by Crippen LogP contribution is -2.19. The van der Waals surface area contributed by atoms with Crippen LogP contribution < -0.4 is 15.4 Å². The molecule has 26 heavy (non-hydrogen) atoms. The van der Waals surface area contributed by atoms with E-state index in [0.717, 1.165) is 0 Å². The van der Waals surface area contributed by atoms with Crippen LogP contribution in [0.2, 0.25) is 5.02 Å². The SMILES string of the molecule is COc1ccc(NC(=O)Nc2cccc(F)c2)cc1-c1c(Cl)cnn1C. The number of urea groups is 1. The highest BCUT2D eigenvalue weighted by Gasteiger charge is 2.15. The number of nitrogens with one attached hydrogen (secondary N) is 2. The first-order valence-corrected chi connectivity index (χ1v) is 8.05. The highest BCUT2D eigenvalue weighted by Crippen LogP contribution is 2.36. The van der Waals surface area contributed by atoms with E-state index < -0.39 is 11.8 Å². The van der Waals surface area contributed by atoms with E-state index in [2.05, 4.69) is 15.7 Å². The second-order valence-corrected chi connectivity index (χ2v) is 5.88. The molecule has 2 amide bonds. The van der Waals surface area contributed by atoms with Crippen LogP contribution in [-0.4, -0.2) is 22.9 Å². The molecule has 0 aliphatic carbocycles. The van der Waals surface area contributed by atoms with E-state index in [1.54, 1.807) is 43.1 Å². The highest BCUT2D eigenvalue weighted by molar-refractivity contribution is 6.33. The van der Waals surface area contributed by atoms with Gasteiger partial charge in [0.15, 0.2) is 0 Å². The summed E-state index contributed by atoms with van der Waals surface area (Å²) in [6, 6.07) is 10.3. The van der Waals surface area contributed by atoms with Crippen molar-refractivity contribution >= 4 is 29.0 Å². The molecule has 0 bridgehead atoms. The fourth-order valence-corrected chi connectivity index (χ4v) is 2.81. The average molecular weight is 375 g/mol. The lowest BCUT2D eigenvalue weighted by atomic mass is 10.1. The van der Waals surface area contributed by atoms with Crippen LogP contribution >= 0.6 is 11.6 Å². The molecule has 1 aromatic heterocycles. The zero-order chi connectivity index (χ0) is 18.7. The average Bonchev–Trinajstić information content (AvgIpc) is 2.93. The number of aromatic nitrogens is 2. The summed E-state index contributed by atoms with van der Waals surface area (Å²) in [5.74, 6) is 0.159. The van der Waals surface area contributed by atoms with Crippen LogP contribution in [0.15, 0.2) is 48.7 Å². The molecule has 0 atom stereocenters. The summed E-state index contributed by atoms with van der Waals surface area (Å²) >= 11 is 6.21. The second-order valence-electron chi connectivity index (χ2n) is 5.47. The molecular weight excluding hydrogens is 359 g/mol. The first-order valence-electron chi connectivity index (χ1n) is 7.67. The second kappa shape index (κ2) is 7.45. The summed E-state index contributed by atoms with van der Waals surface area (Å²) < 4.78 is 20.2. The van der Waals surface area contributed by atoms with E-state index in [1.165, 1.54) is 24.4 Å². The predicted octanol–water partition coefficient (Wildman–Crippen LogP) is 4.53. The van der Waals surface area contributed by atoms with Crippen LogP contribution in [0.4, 0.5) is 20.6 Å². The lowest BCUT2D eigenvalue weighted by Gasteiger charge is -2.13. The lowest BCUT2D eigenvalue weighted by molar-refractivity contribution is 0.262. The topological polar surface area (TPSA) is 68.2 Å². The van der Waals surface area contributed by atoms with Gasteiger partial charge in [0, 0.05) is 24.0 Å². The van der Waals surface area contributed by atoms with Crippen LogP contribution in [0.1, 0.15) is 0 Å². The third kappa shape index (κ3) is 3.78. The summed E-state index contributed by atoms with van der Waals surface area (Å²) in [7, 11) is 3.31. The molecule has 0 aliphatic rings. The van der Waals surface area contributed by atoms with Crippen LogP contribution in [0, 0.1) is 5.82 Å². The Labute approximate surface area is 154 Å². The van der Waals surface area contributed by atoms with Crippen molar-refractivity contribution < 1.29 is 13.9 Å². The van der Waals surface area contributed by atoms with Gasteiger partial charge in [-0.25, -0.2) is 9.18 Å². The van der Waals surface area contributed by atoms with Gasteiger partial charge in [-0.05, 0) is 36.4 Å². The molecule has 2 N–H and O–H groups in total. The number of nitrogens with zero attached hydrogens (tertiary/aromatic N) is 2. The van der Waals surface area contributed by atoms with E-state index in [0.29, 0.717) is 33.4 Å². The van der Waals surface area contributed by atoms with Gasteiger partial charge in [-0.2, -0.15) is 5.10 Å². The van der Waals surface area contributed by atoms with E-state index in [4.69, 9.17) is 16.3 Å². The Morgan fingerprint density at radius 3 is 2.54 bits per heavy atom. The molecule has 0 unspecified atom stereocenters. The number of aryl methyl sites for hydroxylation is 1. The Bertz CT molecular complexity index is 939. The molecule has 0 radical (unpaired) electrons. The Morgan fingerprint density at radius 1 is 1.19 bits per heavy atom. The molecule has 134 valence electrons. The number of methoxy groups -OCH3 is 1. The van der Waals surface area contributed by atoms with Crippen molar-refractivity contribution in [1.29, 1.82) is 0 Å². The van der Waals surface area contributed by atoms with Crippen molar-refractivity contribution in [3.8, 4) is 17.0 Å². The first-order chi connectivity index (χ1) is 12.5. The van der Waals surface area contributed by atoms with Crippen molar-refractivity contribution in [2.24, 2.45) is 7.05 Å². The molecule has 6 nitrogen and oxygen atoms in total. The van der Waals surface area contributed by atoms with E-state index in [9.17, 15) is 9.18 Å². The summed E-state index contributed by atoms with van der Waals surface area (Å²) in [6.45, 7) is 0. The van der Waals surface area contributed by atoms with Gasteiger partial charge in [0.05, 0.1) is 24.0 Å². The summed E-state index contributed by atoms with van der Waals surface area (Å²) in [5, 5.41) is 9.86. The third-order valence-corrected chi connectivity index (χ3v) is 3.97. The molecule has 0 aliphatic heterocycles. The van der Waals surface area contributed by atoms with Gasteiger partial charge in [-0.1, -0.05) is 17.7 Å². The Morgan fingerprint density at radius 2 is 1.92 bits per heavy atom. The van der Waals surface area contributed by atoms with Gasteiger partial charge in [0.1, 0.15) is 11.6 Å². The van der Waals surface area contributed by atoms with Gasteiger partial charge < -0.3 is 15.4 Å². The molecule has 1 heterocycles. The van der Waals surface area contributed by atoms with Gasteiger partial charge >= 0.3 is 6.03 Å². The van der Waals surface area contributed by atoms with Crippen LogP contribution in [0.5, 0.6) is 5.75 Å². The maximum Gasteiger partial charge on any atom is 0.323 e. The quantitative estimate of drug-likeness (QED) is 0.704. The largest absolute Gasteiger partial charge is 0.496 e. The number of ether oxygens (including phenoxy) is 1. The van der Waals surface area contributed by atoms with Crippen molar-refractivity contribution in [3.63, 3.8) is 0 Å². The molecule has 0 fully saturated rings. The minimum absolute atomic E-state index is 0.353. The summed E-state index contributed by atoms with van der Waals surface area (Å²) in [4.78, 5) is 12.2. The zero-order valence-electron chi connectivity index (χ0n) is 14.1. The van der Waals surface area contributed by atoms with Gasteiger partial charge in [0.25, 0.3) is 0 Å². The van der Waals surface area contributed by atoms with Crippen LogP contribution in [-0.2, 0) is 7.05 Å². The number of hydrogen-bond donors (Lipinski definition) is 2. The van der Waals surface area contributed by atoms with Gasteiger partial charge in [-0.3, -0.25) is 4.68 Å². The minimum Gasteiger partial charge on any atom is -0.496 e. The highest BCUT2D eigenvalue weighted by atomic mass is 35.5. The van der Waals surface area contributed by atoms with Crippen molar-refractivity contribution in [2.75, 3.05) is 17.7 Å². The monoisotopic (exact) mass is 374 g/mol. The molecular formula is C18H16ClFN4O2. The smallest absolute Gasteiger partial charge is 0.323 e. The Hall–Kier alpha value is -3.06. The fourth-order valence-electron chi connectivity index (χ4n) is 2.54. The van der Waals surface area contributed by atoms with Gasteiger partial charge in [0.2, 0.25) is 0 Å². The first kappa shape index (κ1) is 17.8. The van der Waals surface area contributed by atoms with Crippen molar-refractivity contribution in [2.45, 2.75) is 0 Å². The fraction of sp³-hybridized carbons (Fsp3) is 0.111.